The van der Waals surface area contributed by atoms with Crippen molar-refractivity contribution in [3.63, 3.8) is 0 Å². The van der Waals surface area contributed by atoms with Gasteiger partial charge in [-0.25, -0.2) is 14.6 Å². The smallest absolute Gasteiger partial charge is 0.359 e. The molecule has 0 spiro atoms. The number of carbonyl (C=O) groups excluding carboxylic acids is 2. The Balaban J connectivity index is 1.57. The first-order valence-electron chi connectivity index (χ1n) is 7.55. The van der Waals surface area contributed by atoms with Gasteiger partial charge in [-0.05, 0) is 36.4 Å². The number of rotatable bonds is 5. The average Bonchev–Trinajstić information content (AvgIpc) is 2.66. The van der Waals surface area contributed by atoms with E-state index in [9.17, 15) is 14.4 Å². The number of benzene rings is 2. The lowest BCUT2D eigenvalue weighted by molar-refractivity contribution is -0.119. The topological polar surface area (TPSA) is 118 Å². The number of ether oxygens (including phenoxy) is 1. The van der Waals surface area contributed by atoms with Gasteiger partial charge in [0.25, 0.3) is 5.91 Å². The molecule has 1 amide bonds. The van der Waals surface area contributed by atoms with Crippen molar-refractivity contribution in [1.29, 1.82) is 0 Å². The average molecular weight is 351 g/mol. The van der Waals surface area contributed by atoms with Crippen molar-refractivity contribution in [2.24, 2.45) is 0 Å². The van der Waals surface area contributed by atoms with E-state index < -0.39 is 24.5 Å². The number of carboxylic acids is 1. The van der Waals surface area contributed by atoms with Crippen molar-refractivity contribution in [3.05, 3.63) is 66.0 Å². The second kappa shape index (κ2) is 7.39. The molecule has 0 aliphatic carbocycles. The van der Waals surface area contributed by atoms with Gasteiger partial charge in [0.1, 0.15) is 0 Å². The molecule has 0 saturated carbocycles. The van der Waals surface area contributed by atoms with Gasteiger partial charge in [0.15, 0.2) is 12.3 Å². The fraction of sp³-hybridized carbons (Fsp3) is 0.0556. The van der Waals surface area contributed by atoms with Crippen molar-refractivity contribution >= 4 is 34.6 Å². The molecule has 3 aromatic rings. The SMILES string of the molecule is O=C(COC(=O)c1cnc2ccccc2n1)Nc1ccc(C(=O)O)cc1. The second-order valence-corrected chi connectivity index (χ2v) is 5.25. The molecular formula is C18H13N3O5. The van der Waals surface area contributed by atoms with Crippen molar-refractivity contribution in [1.82, 2.24) is 9.97 Å². The van der Waals surface area contributed by atoms with Crippen LogP contribution in [-0.4, -0.2) is 39.5 Å². The number of fused-ring (bicyclic) bond motifs is 1. The number of anilines is 1. The summed E-state index contributed by atoms with van der Waals surface area (Å²) < 4.78 is 4.93. The third-order valence-electron chi connectivity index (χ3n) is 3.41. The monoisotopic (exact) mass is 351 g/mol. The molecule has 0 aliphatic rings. The van der Waals surface area contributed by atoms with E-state index in [0.29, 0.717) is 16.7 Å². The van der Waals surface area contributed by atoms with Crippen molar-refractivity contribution in [2.45, 2.75) is 0 Å². The Bertz CT molecular complexity index is 986. The van der Waals surface area contributed by atoms with Crippen LogP contribution < -0.4 is 5.32 Å². The van der Waals surface area contributed by atoms with Crippen LogP contribution >= 0.6 is 0 Å². The molecule has 0 radical (unpaired) electrons. The molecule has 3 rings (SSSR count). The molecule has 0 fully saturated rings. The molecule has 26 heavy (non-hydrogen) atoms. The van der Waals surface area contributed by atoms with E-state index in [-0.39, 0.29) is 11.3 Å². The molecule has 0 aliphatic heterocycles. The summed E-state index contributed by atoms with van der Waals surface area (Å²) in [5.41, 5.74) is 1.68. The number of aromatic carboxylic acids is 1. The number of hydrogen-bond acceptors (Lipinski definition) is 6. The van der Waals surface area contributed by atoms with Crippen LogP contribution in [0, 0.1) is 0 Å². The first kappa shape index (κ1) is 17.0. The van der Waals surface area contributed by atoms with E-state index >= 15 is 0 Å². The number of nitrogens with zero attached hydrogens (tertiary/aromatic N) is 2. The van der Waals surface area contributed by atoms with Gasteiger partial charge in [0, 0.05) is 5.69 Å². The van der Waals surface area contributed by atoms with Crippen LogP contribution in [0.2, 0.25) is 0 Å². The van der Waals surface area contributed by atoms with E-state index in [0.717, 1.165) is 0 Å². The van der Waals surface area contributed by atoms with E-state index in [4.69, 9.17) is 9.84 Å². The van der Waals surface area contributed by atoms with Gasteiger partial charge in [-0.3, -0.25) is 9.78 Å². The van der Waals surface area contributed by atoms with Gasteiger partial charge >= 0.3 is 11.9 Å². The van der Waals surface area contributed by atoms with Gasteiger partial charge in [-0.2, -0.15) is 0 Å². The maximum Gasteiger partial charge on any atom is 0.359 e. The molecule has 8 nitrogen and oxygen atoms in total. The third kappa shape index (κ3) is 3.99. The van der Waals surface area contributed by atoms with Crippen LogP contribution in [-0.2, 0) is 9.53 Å². The highest BCUT2D eigenvalue weighted by molar-refractivity contribution is 5.96. The van der Waals surface area contributed by atoms with Gasteiger partial charge < -0.3 is 15.2 Å². The number of amides is 1. The lowest BCUT2D eigenvalue weighted by atomic mass is 10.2. The third-order valence-corrected chi connectivity index (χ3v) is 3.41. The highest BCUT2D eigenvalue weighted by Gasteiger charge is 2.13. The summed E-state index contributed by atoms with van der Waals surface area (Å²) in [6.07, 6.45) is 1.28. The maximum absolute atomic E-state index is 12.0. The fourth-order valence-electron chi connectivity index (χ4n) is 2.15. The zero-order valence-electron chi connectivity index (χ0n) is 13.4. The van der Waals surface area contributed by atoms with Crippen molar-refractivity contribution < 1.29 is 24.2 Å². The largest absolute Gasteiger partial charge is 0.478 e. The summed E-state index contributed by atoms with van der Waals surface area (Å²) >= 11 is 0. The van der Waals surface area contributed by atoms with Crippen LogP contribution in [0.4, 0.5) is 5.69 Å². The maximum atomic E-state index is 12.0. The van der Waals surface area contributed by atoms with Crippen LogP contribution in [0.25, 0.3) is 11.0 Å². The quantitative estimate of drug-likeness (QED) is 0.676. The molecule has 0 unspecified atom stereocenters. The first-order valence-corrected chi connectivity index (χ1v) is 7.55. The molecule has 0 bridgehead atoms. The van der Waals surface area contributed by atoms with E-state index in [1.807, 2.05) is 6.07 Å². The van der Waals surface area contributed by atoms with E-state index in [2.05, 4.69) is 15.3 Å². The number of carboxylic acid groups (broad SMARTS) is 1. The minimum absolute atomic E-state index is 0.00214. The Hall–Kier alpha value is -3.81. The standard InChI is InChI=1S/C18H13N3O5/c22-16(20-12-7-5-11(6-8-12)17(23)24)10-26-18(25)15-9-19-13-3-1-2-4-14(13)21-15/h1-9H,10H2,(H,20,22)(H,23,24). The minimum Gasteiger partial charge on any atom is -0.478 e. The molecule has 8 heteroatoms. The Morgan fingerprint density at radius 1 is 1.00 bits per heavy atom. The number of esters is 1. The first-order chi connectivity index (χ1) is 12.5. The van der Waals surface area contributed by atoms with Gasteiger partial charge in [-0.1, -0.05) is 12.1 Å². The Kier molecular flexibility index (Phi) is 4.84. The predicted molar refractivity (Wildman–Crippen MR) is 91.9 cm³/mol. The van der Waals surface area contributed by atoms with Gasteiger partial charge in [0.2, 0.25) is 0 Å². The summed E-state index contributed by atoms with van der Waals surface area (Å²) in [6, 6.07) is 12.7. The molecule has 0 atom stereocenters. The van der Waals surface area contributed by atoms with Crippen molar-refractivity contribution in [3.8, 4) is 0 Å². The van der Waals surface area contributed by atoms with E-state index in [1.165, 1.54) is 30.5 Å². The predicted octanol–water partition coefficient (Wildman–Crippen LogP) is 2.12. The summed E-state index contributed by atoms with van der Waals surface area (Å²) in [5, 5.41) is 11.3. The summed E-state index contributed by atoms with van der Waals surface area (Å²) in [6.45, 7) is -0.506. The van der Waals surface area contributed by atoms with Crippen molar-refractivity contribution in [2.75, 3.05) is 11.9 Å². The van der Waals surface area contributed by atoms with Gasteiger partial charge in [0.05, 0.1) is 22.8 Å². The van der Waals surface area contributed by atoms with Crippen LogP contribution in [0.3, 0.4) is 0 Å². The molecule has 130 valence electrons. The number of nitrogens with one attached hydrogen (secondary N) is 1. The van der Waals surface area contributed by atoms with E-state index in [1.54, 1.807) is 18.2 Å². The molecule has 2 aromatic carbocycles. The van der Waals surface area contributed by atoms with Crippen LogP contribution in [0.5, 0.6) is 0 Å². The zero-order valence-corrected chi connectivity index (χ0v) is 13.4. The second-order valence-electron chi connectivity index (χ2n) is 5.25. The molecular weight excluding hydrogens is 338 g/mol. The molecule has 1 aromatic heterocycles. The Morgan fingerprint density at radius 3 is 2.38 bits per heavy atom. The molecule has 2 N–H and O–H groups in total. The molecule has 0 saturated heterocycles. The highest BCUT2D eigenvalue weighted by atomic mass is 16.5. The lowest BCUT2D eigenvalue weighted by Gasteiger charge is -2.07. The lowest BCUT2D eigenvalue weighted by Crippen LogP contribution is -2.21. The minimum atomic E-state index is -1.06. The number of para-hydroxylation sites is 2. The fourth-order valence-corrected chi connectivity index (χ4v) is 2.15. The highest BCUT2D eigenvalue weighted by Crippen LogP contribution is 2.11. The summed E-state index contributed by atoms with van der Waals surface area (Å²) in [7, 11) is 0. The molecule has 1 heterocycles. The van der Waals surface area contributed by atoms with Gasteiger partial charge in [-0.15, -0.1) is 0 Å². The number of carbonyl (C=O) groups is 3. The Labute approximate surface area is 147 Å². The number of hydrogen-bond donors (Lipinski definition) is 2. The Morgan fingerprint density at radius 2 is 1.69 bits per heavy atom. The summed E-state index contributed by atoms with van der Waals surface area (Å²) in [4.78, 5) is 42.9. The van der Waals surface area contributed by atoms with Crippen LogP contribution in [0.15, 0.2) is 54.7 Å². The zero-order chi connectivity index (χ0) is 18.5. The summed E-state index contributed by atoms with van der Waals surface area (Å²) in [5.74, 6) is -2.39. The normalized spacial score (nSPS) is 10.3. The van der Waals surface area contributed by atoms with Crippen LogP contribution in [0.1, 0.15) is 20.8 Å². The number of aromatic nitrogens is 2.